The molecule has 1 aliphatic heterocycles. The van der Waals surface area contributed by atoms with Gasteiger partial charge in [-0.25, -0.2) is 18.8 Å². The summed E-state index contributed by atoms with van der Waals surface area (Å²) in [4.78, 5) is 9.09. The molecule has 0 radical (unpaired) electrons. The summed E-state index contributed by atoms with van der Waals surface area (Å²) in [5.74, 6) is -1.40. The van der Waals surface area contributed by atoms with Gasteiger partial charge in [0.1, 0.15) is 17.4 Å². The van der Waals surface area contributed by atoms with Crippen molar-refractivity contribution in [2.24, 2.45) is 5.10 Å². The average molecular weight is 464 g/mol. The van der Waals surface area contributed by atoms with Gasteiger partial charge in [0.2, 0.25) is 5.88 Å². The third-order valence-electron chi connectivity index (χ3n) is 4.86. The number of hydroxylamine groups is 2. The summed E-state index contributed by atoms with van der Waals surface area (Å²) >= 11 is 0. The van der Waals surface area contributed by atoms with E-state index in [9.17, 15) is 22.0 Å². The number of benzene rings is 2. The Hall–Kier alpha value is -3.73. The molecule has 3 aromatic rings. The number of ether oxygens (including phenoxy) is 1. The van der Waals surface area contributed by atoms with Crippen molar-refractivity contribution in [2.45, 2.75) is 12.3 Å². The summed E-state index contributed by atoms with van der Waals surface area (Å²) in [5, 5.41) is 6.95. The van der Waals surface area contributed by atoms with Gasteiger partial charge in [-0.3, -0.25) is 9.85 Å². The summed E-state index contributed by atoms with van der Waals surface area (Å²) in [7, 11) is 2.94. The molecular formula is C22H17F5N4O2. The minimum Gasteiger partial charge on any atom is -0.439 e. The van der Waals surface area contributed by atoms with Gasteiger partial charge in [-0.05, 0) is 30.3 Å². The lowest BCUT2D eigenvalue weighted by molar-refractivity contribution is -0.137. The van der Waals surface area contributed by atoms with Crippen LogP contribution in [-0.4, -0.2) is 35.0 Å². The van der Waals surface area contributed by atoms with Gasteiger partial charge in [-0.1, -0.05) is 18.2 Å². The summed E-state index contributed by atoms with van der Waals surface area (Å²) in [6.45, 7) is 0. The highest BCUT2D eigenvalue weighted by molar-refractivity contribution is 5.99. The lowest BCUT2D eigenvalue weighted by Gasteiger charge is -2.28. The van der Waals surface area contributed by atoms with E-state index in [0.29, 0.717) is 11.8 Å². The van der Waals surface area contributed by atoms with Crippen LogP contribution < -0.4 is 4.74 Å². The second-order valence-electron chi connectivity index (χ2n) is 7.03. The van der Waals surface area contributed by atoms with E-state index in [2.05, 4.69) is 10.1 Å². The van der Waals surface area contributed by atoms with Crippen LogP contribution in [0.1, 0.15) is 22.9 Å². The van der Waals surface area contributed by atoms with Crippen molar-refractivity contribution in [1.29, 1.82) is 0 Å². The lowest BCUT2D eigenvalue weighted by Crippen LogP contribution is -2.34. The second kappa shape index (κ2) is 8.66. The first-order chi connectivity index (χ1) is 15.7. The standard InChI is InChI=1S/C22H17F5N4O2/c1-30-21(31(32-2)20(29-30)19-16(23)7-4-8-17(19)24)13-5-3-6-15(11-13)33-18-10-9-14(12-28-18)22(25,26)27/h3-12,21H,1-2H3. The van der Waals surface area contributed by atoms with E-state index in [1.54, 1.807) is 31.3 Å². The molecular weight excluding hydrogens is 447 g/mol. The van der Waals surface area contributed by atoms with Crippen molar-refractivity contribution in [1.82, 2.24) is 15.1 Å². The molecule has 0 spiro atoms. The molecule has 0 saturated carbocycles. The van der Waals surface area contributed by atoms with E-state index < -0.39 is 29.5 Å². The molecule has 1 unspecified atom stereocenters. The van der Waals surface area contributed by atoms with Gasteiger partial charge in [0.15, 0.2) is 12.0 Å². The topological polar surface area (TPSA) is 50.2 Å². The predicted octanol–water partition coefficient (Wildman–Crippen LogP) is 5.34. The molecule has 6 nitrogen and oxygen atoms in total. The molecule has 0 amide bonds. The van der Waals surface area contributed by atoms with Crippen LogP contribution in [0.15, 0.2) is 65.9 Å². The van der Waals surface area contributed by atoms with Gasteiger partial charge in [0.05, 0.1) is 18.2 Å². The molecule has 2 aromatic carbocycles. The average Bonchev–Trinajstić information content (AvgIpc) is 3.09. The third kappa shape index (κ3) is 4.44. The Labute approximate surface area is 185 Å². The minimum absolute atomic E-state index is 0.0334. The molecule has 0 saturated heterocycles. The largest absolute Gasteiger partial charge is 0.439 e. The van der Waals surface area contributed by atoms with Crippen LogP contribution in [0.5, 0.6) is 11.6 Å². The Kier molecular flexibility index (Phi) is 5.90. The van der Waals surface area contributed by atoms with Crippen LogP contribution in [-0.2, 0) is 11.0 Å². The maximum Gasteiger partial charge on any atom is 0.417 e. The first kappa shape index (κ1) is 22.5. The number of hydrogen-bond donors (Lipinski definition) is 0. The first-order valence-corrected chi connectivity index (χ1v) is 9.59. The normalized spacial score (nSPS) is 16.2. The zero-order valence-electron chi connectivity index (χ0n) is 17.3. The molecule has 2 heterocycles. The highest BCUT2D eigenvalue weighted by atomic mass is 19.4. The predicted molar refractivity (Wildman–Crippen MR) is 108 cm³/mol. The highest BCUT2D eigenvalue weighted by Gasteiger charge is 2.37. The van der Waals surface area contributed by atoms with Gasteiger partial charge >= 0.3 is 6.18 Å². The van der Waals surface area contributed by atoms with Gasteiger partial charge in [-0.15, -0.1) is 0 Å². The quantitative estimate of drug-likeness (QED) is 0.477. The molecule has 11 heteroatoms. The molecule has 0 aliphatic carbocycles. The van der Waals surface area contributed by atoms with E-state index in [4.69, 9.17) is 9.57 Å². The van der Waals surface area contributed by atoms with Gasteiger partial charge < -0.3 is 4.74 Å². The molecule has 1 atom stereocenters. The number of alkyl halides is 3. The van der Waals surface area contributed by atoms with Crippen LogP contribution in [0, 0.1) is 11.6 Å². The molecule has 33 heavy (non-hydrogen) atoms. The van der Waals surface area contributed by atoms with Crippen molar-refractivity contribution in [2.75, 3.05) is 14.2 Å². The first-order valence-electron chi connectivity index (χ1n) is 9.59. The second-order valence-corrected chi connectivity index (χ2v) is 7.03. The van der Waals surface area contributed by atoms with Crippen molar-refractivity contribution >= 4 is 5.84 Å². The van der Waals surface area contributed by atoms with Gasteiger partial charge in [0.25, 0.3) is 0 Å². The summed E-state index contributed by atoms with van der Waals surface area (Å²) in [5.41, 5.74) is -0.647. The third-order valence-corrected chi connectivity index (χ3v) is 4.86. The van der Waals surface area contributed by atoms with Crippen molar-refractivity contribution in [3.63, 3.8) is 0 Å². The summed E-state index contributed by atoms with van der Waals surface area (Å²) in [6.07, 6.45) is -4.52. The number of halogens is 5. The number of rotatable bonds is 5. The van der Waals surface area contributed by atoms with Crippen LogP contribution >= 0.6 is 0 Å². The van der Waals surface area contributed by atoms with Crippen LogP contribution in [0.2, 0.25) is 0 Å². The van der Waals surface area contributed by atoms with Crippen molar-refractivity contribution < 1.29 is 31.5 Å². The molecule has 172 valence electrons. The number of aromatic nitrogens is 1. The van der Waals surface area contributed by atoms with Crippen molar-refractivity contribution in [3.8, 4) is 11.6 Å². The number of pyridine rings is 1. The molecule has 4 rings (SSSR count). The molecule has 0 bridgehead atoms. The van der Waals surface area contributed by atoms with E-state index >= 15 is 0 Å². The summed E-state index contributed by atoms with van der Waals surface area (Å²) in [6, 6.07) is 12.0. The molecule has 0 fully saturated rings. The van der Waals surface area contributed by atoms with Crippen LogP contribution in [0.3, 0.4) is 0 Å². The number of hydrogen-bond acceptors (Lipinski definition) is 6. The number of amidine groups is 1. The van der Waals surface area contributed by atoms with Gasteiger partial charge in [-0.2, -0.15) is 18.3 Å². The Morgan fingerprint density at radius 3 is 2.27 bits per heavy atom. The smallest absolute Gasteiger partial charge is 0.417 e. The monoisotopic (exact) mass is 464 g/mol. The summed E-state index contributed by atoms with van der Waals surface area (Å²) < 4.78 is 72.5. The minimum atomic E-state index is -4.50. The SMILES string of the molecule is CON1C(c2c(F)cccc2F)=NN(C)C1c1cccc(Oc2ccc(C(F)(F)F)cn2)c1. The van der Waals surface area contributed by atoms with E-state index in [1.165, 1.54) is 23.2 Å². The molecule has 0 N–H and O–H groups in total. The maximum absolute atomic E-state index is 14.4. The van der Waals surface area contributed by atoms with Gasteiger partial charge in [0, 0.05) is 24.9 Å². The Morgan fingerprint density at radius 1 is 0.970 bits per heavy atom. The number of nitrogens with zero attached hydrogens (tertiary/aromatic N) is 4. The maximum atomic E-state index is 14.4. The highest BCUT2D eigenvalue weighted by Crippen LogP contribution is 2.35. The number of hydrazone groups is 1. The Morgan fingerprint density at radius 2 is 1.67 bits per heavy atom. The zero-order valence-corrected chi connectivity index (χ0v) is 17.3. The van der Waals surface area contributed by atoms with Crippen LogP contribution in [0.4, 0.5) is 22.0 Å². The van der Waals surface area contributed by atoms with Crippen molar-refractivity contribution in [3.05, 3.63) is 89.1 Å². The van der Waals surface area contributed by atoms with E-state index in [1.807, 2.05) is 0 Å². The fourth-order valence-electron chi connectivity index (χ4n) is 3.39. The van der Waals surface area contributed by atoms with E-state index in [0.717, 1.165) is 24.3 Å². The molecule has 1 aromatic heterocycles. The van der Waals surface area contributed by atoms with E-state index in [-0.39, 0.29) is 23.0 Å². The molecule has 1 aliphatic rings. The fourth-order valence-corrected chi connectivity index (χ4v) is 3.39. The Bertz CT molecular complexity index is 1160. The fraction of sp³-hybridized carbons (Fsp3) is 0.182. The Balaban J connectivity index is 1.60. The lowest BCUT2D eigenvalue weighted by atomic mass is 10.1. The van der Waals surface area contributed by atoms with Crippen LogP contribution in [0.25, 0.3) is 0 Å². The zero-order chi connectivity index (χ0) is 23.8.